The van der Waals surface area contributed by atoms with Crippen LogP contribution in [-0.4, -0.2) is 30.3 Å². The van der Waals surface area contributed by atoms with Crippen molar-refractivity contribution in [1.29, 1.82) is 0 Å². The van der Waals surface area contributed by atoms with Gasteiger partial charge in [-0.25, -0.2) is 9.97 Å². The first-order chi connectivity index (χ1) is 14.4. The Labute approximate surface area is 176 Å². The third-order valence-corrected chi connectivity index (χ3v) is 4.65. The summed E-state index contributed by atoms with van der Waals surface area (Å²) >= 11 is 1.47. The van der Waals surface area contributed by atoms with Crippen molar-refractivity contribution < 1.29 is 17.9 Å². The molecule has 0 spiro atoms. The molecule has 0 saturated heterocycles. The highest BCUT2D eigenvalue weighted by molar-refractivity contribution is 7.97. The molecule has 2 aromatic carbocycles. The van der Waals surface area contributed by atoms with Crippen molar-refractivity contribution in [2.24, 2.45) is 0 Å². The second-order valence-electron chi connectivity index (χ2n) is 6.20. The van der Waals surface area contributed by atoms with E-state index in [1.165, 1.54) is 30.4 Å². The van der Waals surface area contributed by atoms with Crippen molar-refractivity contribution in [3.8, 4) is 5.75 Å². The lowest BCUT2D eigenvalue weighted by Gasteiger charge is -2.13. The number of nitrogens with zero attached hydrogens (tertiary/aromatic N) is 2. The second kappa shape index (κ2) is 9.68. The van der Waals surface area contributed by atoms with Crippen molar-refractivity contribution in [2.75, 3.05) is 24.8 Å². The van der Waals surface area contributed by atoms with Gasteiger partial charge in [0.1, 0.15) is 23.7 Å². The minimum absolute atomic E-state index is 0.199. The summed E-state index contributed by atoms with van der Waals surface area (Å²) in [6, 6.07) is 13.4. The highest BCUT2D eigenvalue weighted by atomic mass is 32.2. The molecule has 0 atom stereocenters. The predicted molar refractivity (Wildman–Crippen MR) is 113 cm³/mol. The predicted octanol–water partition coefficient (Wildman–Crippen LogP) is 5.30. The first kappa shape index (κ1) is 21.7. The standard InChI is InChI=1S/C20H20F3N5OS/c1-24-30-15-7-8-17(29-2)16(9-15)28-19-10-18(25-12-26-19)27-14-5-3-13(4-6-14)11-20(21,22)23/h3-10,12,24H,11H2,1-2H3,(H2,25,26,27,28). The van der Waals surface area contributed by atoms with Crippen LogP contribution < -0.4 is 20.1 Å². The van der Waals surface area contributed by atoms with Gasteiger partial charge in [-0.3, -0.25) is 4.72 Å². The molecule has 158 valence electrons. The topological polar surface area (TPSA) is 71.1 Å². The maximum atomic E-state index is 12.5. The normalized spacial score (nSPS) is 11.2. The number of halogens is 3. The van der Waals surface area contributed by atoms with Gasteiger partial charge in [0.2, 0.25) is 0 Å². The first-order valence-electron chi connectivity index (χ1n) is 8.90. The van der Waals surface area contributed by atoms with Crippen LogP contribution in [0.5, 0.6) is 5.75 Å². The summed E-state index contributed by atoms with van der Waals surface area (Å²) in [6.07, 6.45) is -3.80. The van der Waals surface area contributed by atoms with Gasteiger partial charge < -0.3 is 15.4 Å². The quantitative estimate of drug-likeness (QED) is 0.415. The van der Waals surface area contributed by atoms with Crippen LogP contribution in [0.1, 0.15) is 5.56 Å². The first-order valence-corrected chi connectivity index (χ1v) is 9.71. The Morgan fingerprint density at radius 2 is 1.67 bits per heavy atom. The summed E-state index contributed by atoms with van der Waals surface area (Å²) in [7, 11) is 3.42. The van der Waals surface area contributed by atoms with Gasteiger partial charge in [-0.15, -0.1) is 0 Å². The molecule has 3 aromatic rings. The Bertz CT molecular complexity index is 983. The lowest BCUT2D eigenvalue weighted by molar-refractivity contribution is -0.127. The summed E-state index contributed by atoms with van der Waals surface area (Å²) < 4.78 is 45.8. The molecule has 0 aliphatic carbocycles. The number of nitrogens with one attached hydrogen (secondary N) is 3. The molecule has 0 bridgehead atoms. The number of rotatable bonds is 8. The Hall–Kier alpha value is -2.98. The van der Waals surface area contributed by atoms with E-state index in [4.69, 9.17) is 4.74 Å². The molecule has 0 fully saturated rings. The van der Waals surface area contributed by atoms with E-state index in [1.54, 1.807) is 25.3 Å². The van der Waals surface area contributed by atoms with Gasteiger partial charge in [0.05, 0.1) is 19.2 Å². The lowest BCUT2D eigenvalue weighted by atomic mass is 10.1. The molecular weight excluding hydrogens is 415 g/mol. The molecule has 0 unspecified atom stereocenters. The third kappa shape index (κ3) is 6.26. The van der Waals surface area contributed by atoms with Gasteiger partial charge in [-0.2, -0.15) is 13.2 Å². The SMILES string of the molecule is CNSc1ccc(OC)c(Nc2cc(Nc3ccc(CC(F)(F)F)cc3)ncn2)c1. The molecule has 1 heterocycles. The number of benzene rings is 2. The Balaban J connectivity index is 1.73. The maximum Gasteiger partial charge on any atom is 0.393 e. The zero-order valence-electron chi connectivity index (χ0n) is 16.2. The number of alkyl halides is 3. The molecule has 0 radical (unpaired) electrons. The van der Waals surface area contributed by atoms with Crippen LogP contribution in [0.4, 0.5) is 36.2 Å². The van der Waals surface area contributed by atoms with Crippen LogP contribution in [0.2, 0.25) is 0 Å². The summed E-state index contributed by atoms with van der Waals surface area (Å²) in [5.74, 6) is 1.69. The number of methoxy groups -OCH3 is 1. The Kier molecular flexibility index (Phi) is 7.01. The minimum Gasteiger partial charge on any atom is -0.495 e. The molecule has 30 heavy (non-hydrogen) atoms. The molecular formula is C20H20F3N5OS. The number of hydrogen-bond acceptors (Lipinski definition) is 7. The highest BCUT2D eigenvalue weighted by Gasteiger charge is 2.27. The fourth-order valence-corrected chi connectivity index (χ4v) is 3.23. The molecule has 1 aromatic heterocycles. The largest absolute Gasteiger partial charge is 0.495 e. The summed E-state index contributed by atoms with van der Waals surface area (Å²) in [6.45, 7) is 0. The fourth-order valence-electron chi connectivity index (χ4n) is 2.68. The Morgan fingerprint density at radius 3 is 2.30 bits per heavy atom. The Morgan fingerprint density at radius 1 is 0.967 bits per heavy atom. The van der Waals surface area contributed by atoms with Gasteiger partial charge in [0, 0.05) is 16.6 Å². The molecule has 3 N–H and O–H groups in total. The summed E-state index contributed by atoms with van der Waals surface area (Å²) in [4.78, 5) is 9.37. The van der Waals surface area contributed by atoms with E-state index in [1.807, 2.05) is 25.2 Å². The van der Waals surface area contributed by atoms with Crippen LogP contribution in [0, 0.1) is 0 Å². The van der Waals surface area contributed by atoms with Gasteiger partial charge in [-0.05, 0) is 54.9 Å². The van der Waals surface area contributed by atoms with Crippen molar-refractivity contribution in [3.05, 3.63) is 60.4 Å². The van der Waals surface area contributed by atoms with Gasteiger partial charge in [0.15, 0.2) is 0 Å². The summed E-state index contributed by atoms with van der Waals surface area (Å²) in [5.41, 5.74) is 1.55. The maximum absolute atomic E-state index is 12.5. The number of hydrogen-bond donors (Lipinski definition) is 3. The number of ether oxygens (including phenoxy) is 1. The van der Waals surface area contributed by atoms with Crippen LogP contribution in [0.15, 0.2) is 59.8 Å². The molecule has 0 amide bonds. The van der Waals surface area contributed by atoms with E-state index < -0.39 is 12.6 Å². The molecule has 0 aliphatic heterocycles. The van der Waals surface area contributed by atoms with E-state index in [9.17, 15) is 13.2 Å². The number of aromatic nitrogens is 2. The van der Waals surface area contributed by atoms with E-state index in [0.29, 0.717) is 23.1 Å². The van der Waals surface area contributed by atoms with Crippen molar-refractivity contribution in [2.45, 2.75) is 17.5 Å². The van der Waals surface area contributed by atoms with Crippen LogP contribution in [0.3, 0.4) is 0 Å². The molecule has 10 heteroatoms. The third-order valence-electron chi connectivity index (χ3n) is 3.95. The van der Waals surface area contributed by atoms with E-state index in [2.05, 4.69) is 25.3 Å². The average Bonchev–Trinajstić information content (AvgIpc) is 2.69. The second-order valence-corrected chi connectivity index (χ2v) is 7.28. The average molecular weight is 435 g/mol. The van der Waals surface area contributed by atoms with E-state index in [0.717, 1.165) is 10.6 Å². The molecule has 0 saturated carbocycles. The van der Waals surface area contributed by atoms with Crippen molar-refractivity contribution >= 4 is 35.0 Å². The van der Waals surface area contributed by atoms with Gasteiger partial charge in [0.25, 0.3) is 0 Å². The lowest BCUT2D eigenvalue weighted by Crippen LogP contribution is -2.11. The smallest absolute Gasteiger partial charge is 0.393 e. The van der Waals surface area contributed by atoms with Gasteiger partial charge >= 0.3 is 6.18 Å². The molecule has 3 rings (SSSR count). The number of anilines is 4. The van der Waals surface area contributed by atoms with Crippen LogP contribution in [0.25, 0.3) is 0 Å². The molecule has 6 nitrogen and oxygen atoms in total. The molecule has 0 aliphatic rings. The van der Waals surface area contributed by atoms with Crippen molar-refractivity contribution in [1.82, 2.24) is 14.7 Å². The monoisotopic (exact) mass is 435 g/mol. The zero-order valence-corrected chi connectivity index (χ0v) is 17.1. The van der Waals surface area contributed by atoms with Crippen LogP contribution in [-0.2, 0) is 6.42 Å². The van der Waals surface area contributed by atoms with E-state index >= 15 is 0 Å². The fraction of sp³-hybridized carbons (Fsp3) is 0.200. The van der Waals surface area contributed by atoms with Crippen LogP contribution >= 0.6 is 11.9 Å². The van der Waals surface area contributed by atoms with Crippen molar-refractivity contribution in [3.63, 3.8) is 0 Å². The van der Waals surface area contributed by atoms with E-state index in [-0.39, 0.29) is 5.56 Å². The minimum atomic E-state index is -4.23. The van der Waals surface area contributed by atoms with Gasteiger partial charge in [-0.1, -0.05) is 12.1 Å². The highest BCUT2D eigenvalue weighted by Crippen LogP contribution is 2.31. The zero-order chi connectivity index (χ0) is 21.6. The summed E-state index contributed by atoms with van der Waals surface area (Å²) in [5, 5.41) is 6.26.